The molecule has 3 aromatic rings. The molecule has 2 atom stereocenters. The third kappa shape index (κ3) is 7.74. The largest absolute Gasteiger partial charge is 0.377 e. The van der Waals surface area contributed by atoms with Crippen LogP contribution in [0.3, 0.4) is 0 Å². The van der Waals surface area contributed by atoms with Crippen molar-refractivity contribution in [3.8, 4) is 0 Å². The number of hydrogen-bond donors (Lipinski definition) is 0. The van der Waals surface area contributed by atoms with Crippen LogP contribution in [0.25, 0.3) is 0 Å². The summed E-state index contributed by atoms with van der Waals surface area (Å²) in [5.41, 5.74) is 3.86. The van der Waals surface area contributed by atoms with Crippen molar-refractivity contribution in [1.29, 1.82) is 0 Å². The molecule has 6 heteroatoms. The summed E-state index contributed by atoms with van der Waals surface area (Å²) in [7, 11) is 0. The van der Waals surface area contributed by atoms with E-state index >= 15 is 0 Å². The molecule has 0 spiro atoms. The third-order valence-corrected chi connectivity index (χ3v) is 5.35. The highest BCUT2D eigenvalue weighted by molar-refractivity contribution is 5.19. The van der Waals surface area contributed by atoms with E-state index in [1.165, 1.54) is 0 Å². The molecular formula is C27H31NO5. The fourth-order valence-electron chi connectivity index (χ4n) is 3.60. The van der Waals surface area contributed by atoms with Crippen LogP contribution in [-0.2, 0) is 36.9 Å². The number of fused-ring (bicyclic) bond motifs is 2. The molecule has 1 aliphatic rings. The molecule has 0 aliphatic carbocycles. The van der Waals surface area contributed by atoms with Gasteiger partial charge in [-0.25, -0.2) is 0 Å². The highest BCUT2D eigenvalue weighted by Crippen LogP contribution is 2.21. The Hall–Kier alpha value is -2.61. The van der Waals surface area contributed by atoms with Gasteiger partial charge in [0.2, 0.25) is 0 Å². The number of hydrogen-bond acceptors (Lipinski definition) is 6. The fourth-order valence-corrected chi connectivity index (χ4v) is 3.60. The number of rotatable bonds is 2. The number of aromatic nitrogens is 1. The maximum atomic E-state index is 6.21. The molecule has 4 rings (SSSR count). The van der Waals surface area contributed by atoms with Crippen LogP contribution in [0.15, 0.2) is 78.9 Å². The molecule has 2 bridgehead atoms. The fraction of sp³-hybridized carbons (Fsp3) is 0.370. The van der Waals surface area contributed by atoms with Crippen molar-refractivity contribution in [3.05, 3.63) is 101 Å². The molecule has 2 aromatic carbocycles. The van der Waals surface area contributed by atoms with Gasteiger partial charge in [0.1, 0.15) is 12.2 Å². The van der Waals surface area contributed by atoms with Crippen molar-refractivity contribution in [2.75, 3.05) is 39.6 Å². The first-order chi connectivity index (χ1) is 16.4. The summed E-state index contributed by atoms with van der Waals surface area (Å²) in [6.45, 7) is 3.68. The molecular weight excluding hydrogens is 418 g/mol. The van der Waals surface area contributed by atoms with Crippen LogP contribution in [0.1, 0.15) is 34.7 Å². The molecule has 1 aliphatic heterocycles. The van der Waals surface area contributed by atoms with E-state index in [1.807, 2.05) is 54.6 Å². The van der Waals surface area contributed by atoms with E-state index in [9.17, 15) is 0 Å². The zero-order valence-electron chi connectivity index (χ0n) is 18.8. The van der Waals surface area contributed by atoms with Gasteiger partial charge in [-0.3, -0.25) is 4.98 Å². The second-order valence-corrected chi connectivity index (χ2v) is 7.80. The first-order valence-electron chi connectivity index (χ1n) is 11.4. The lowest BCUT2D eigenvalue weighted by molar-refractivity contribution is -0.0566. The van der Waals surface area contributed by atoms with Gasteiger partial charge in [-0.2, -0.15) is 0 Å². The molecule has 33 heavy (non-hydrogen) atoms. The molecule has 0 saturated heterocycles. The lowest BCUT2D eigenvalue weighted by atomic mass is 10.1. The van der Waals surface area contributed by atoms with Gasteiger partial charge in [-0.15, -0.1) is 0 Å². The van der Waals surface area contributed by atoms with E-state index in [2.05, 4.69) is 24.3 Å². The second-order valence-electron chi connectivity index (χ2n) is 7.80. The van der Waals surface area contributed by atoms with Gasteiger partial charge < -0.3 is 23.7 Å². The van der Waals surface area contributed by atoms with Gasteiger partial charge >= 0.3 is 0 Å². The van der Waals surface area contributed by atoms with Gasteiger partial charge in [-0.05, 0) is 23.3 Å². The van der Waals surface area contributed by atoms with E-state index in [4.69, 9.17) is 28.7 Å². The normalized spacial score (nSPS) is 21.6. The Morgan fingerprint density at radius 1 is 0.515 bits per heavy atom. The van der Waals surface area contributed by atoms with Crippen LogP contribution >= 0.6 is 0 Å². The Morgan fingerprint density at radius 3 is 1.45 bits per heavy atom. The Bertz CT molecular complexity index is 865. The number of benzene rings is 2. The molecule has 2 heterocycles. The van der Waals surface area contributed by atoms with Gasteiger partial charge in [0.25, 0.3) is 0 Å². The van der Waals surface area contributed by atoms with Crippen LogP contribution in [0.4, 0.5) is 0 Å². The average Bonchev–Trinajstić information content (AvgIpc) is 2.87. The topological polar surface area (TPSA) is 59.0 Å². The molecule has 6 nitrogen and oxygen atoms in total. The Morgan fingerprint density at radius 2 is 0.970 bits per heavy atom. The smallest absolute Gasteiger partial charge is 0.106 e. The van der Waals surface area contributed by atoms with E-state index in [-0.39, 0.29) is 12.2 Å². The predicted molar refractivity (Wildman–Crippen MR) is 125 cm³/mol. The van der Waals surface area contributed by atoms with Crippen LogP contribution in [0.5, 0.6) is 0 Å². The van der Waals surface area contributed by atoms with E-state index in [0.29, 0.717) is 52.9 Å². The number of pyridine rings is 1. The predicted octanol–water partition coefficient (Wildman–Crippen LogP) is 4.66. The first-order valence-corrected chi connectivity index (χ1v) is 11.4. The zero-order chi connectivity index (χ0) is 22.6. The summed E-state index contributed by atoms with van der Waals surface area (Å²) in [5, 5.41) is 0. The molecule has 0 unspecified atom stereocenters. The van der Waals surface area contributed by atoms with Crippen LogP contribution in [0.2, 0.25) is 0 Å². The molecule has 0 amide bonds. The van der Waals surface area contributed by atoms with E-state index < -0.39 is 0 Å². The van der Waals surface area contributed by atoms with Crippen molar-refractivity contribution < 1.29 is 23.7 Å². The summed E-state index contributed by atoms with van der Waals surface area (Å²) in [6.07, 6.45) is -0.366. The van der Waals surface area contributed by atoms with Crippen molar-refractivity contribution in [3.63, 3.8) is 0 Å². The van der Waals surface area contributed by atoms with Gasteiger partial charge in [0.05, 0.1) is 64.2 Å². The Labute approximate surface area is 195 Å². The summed E-state index contributed by atoms with van der Waals surface area (Å²) in [4.78, 5) is 4.74. The summed E-state index contributed by atoms with van der Waals surface area (Å²) >= 11 is 0. The van der Waals surface area contributed by atoms with Crippen LogP contribution < -0.4 is 0 Å². The molecule has 174 valence electrons. The number of nitrogens with zero attached hydrogens (tertiary/aromatic N) is 1. The molecule has 0 saturated carbocycles. The second kappa shape index (κ2) is 13.2. The third-order valence-electron chi connectivity index (χ3n) is 5.35. The van der Waals surface area contributed by atoms with Gasteiger partial charge in [-0.1, -0.05) is 66.7 Å². The van der Waals surface area contributed by atoms with Gasteiger partial charge in [0.15, 0.2) is 0 Å². The molecule has 0 fully saturated rings. The van der Waals surface area contributed by atoms with Gasteiger partial charge in [0, 0.05) is 0 Å². The highest BCUT2D eigenvalue weighted by Gasteiger charge is 2.15. The van der Waals surface area contributed by atoms with E-state index in [1.54, 1.807) is 0 Å². The summed E-state index contributed by atoms with van der Waals surface area (Å²) in [5.74, 6) is 0. The quantitative estimate of drug-likeness (QED) is 0.567. The average molecular weight is 450 g/mol. The zero-order valence-corrected chi connectivity index (χ0v) is 18.8. The summed E-state index contributed by atoms with van der Waals surface area (Å²) in [6, 6.07) is 26.1. The molecule has 1 aromatic heterocycles. The standard InChI is InChI=1S/C27H31NO5/c1-3-8-22(9-4-1)26-20-30-16-14-29-15-17-31-21-27(23-10-5-2-6-11-23)33-19-25-13-7-12-24(28-25)18-32-26/h1-13,26-27H,14-21H2/t26-,27-/m0/s1. The summed E-state index contributed by atoms with van der Waals surface area (Å²) < 4.78 is 29.8. The minimum absolute atomic E-state index is 0.183. The molecule has 0 N–H and O–H groups in total. The highest BCUT2D eigenvalue weighted by atomic mass is 16.6. The van der Waals surface area contributed by atoms with Crippen molar-refractivity contribution in [2.45, 2.75) is 25.4 Å². The van der Waals surface area contributed by atoms with Crippen LogP contribution in [-0.4, -0.2) is 44.6 Å². The Kier molecular flexibility index (Phi) is 9.41. The maximum Gasteiger partial charge on any atom is 0.106 e. The lowest BCUT2D eigenvalue weighted by Gasteiger charge is -2.20. The number of ether oxygens (including phenoxy) is 5. The first kappa shape index (κ1) is 23.5. The van der Waals surface area contributed by atoms with Crippen molar-refractivity contribution >= 4 is 0 Å². The van der Waals surface area contributed by atoms with Crippen molar-refractivity contribution in [1.82, 2.24) is 4.98 Å². The Balaban J connectivity index is 1.47. The van der Waals surface area contributed by atoms with Crippen molar-refractivity contribution in [2.24, 2.45) is 0 Å². The lowest BCUT2D eigenvalue weighted by Crippen LogP contribution is -2.18. The maximum absolute atomic E-state index is 6.21. The molecule has 0 radical (unpaired) electrons. The van der Waals surface area contributed by atoms with E-state index in [0.717, 1.165) is 22.5 Å². The minimum atomic E-state index is -0.183. The minimum Gasteiger partial charge on any atom is -0.377 e. The monoisotopic (exact) mass is 449 g/mol. The van der Waals surface area contributed by atoms with Crippen LogP contribution in [0, 0.1) is 0 Å². The SMILES string of the molecule is c1ccc([C@@H]2COCCOCCOC[C@@H](c3ccccc3)OCc3cccc(n3)CO2)cc1.